The summed E-state index contributed by atoms with van der Waals surface area (Å²) in [7, 11) is 3.20. The van der Waals surface area contributed by atoms with E-state index in [4.69, 9.17) is 13.9 Å². The Labute approximate surface area is 156 Å². The molecule has 1 aromatic carbocycles. The Balaban J connectivity index is 1.88. The smallest absolute Gasteiger partial charge is 0.275 e. The molecule has 1 atom stereocenters. The fraction of sp³-hybridized carbons (Fsp3) is 0.300. The van der Waals surface area contributed by atoms with Crippen LogP contribution in [0.5, 0.6) is 11.5 Å². The lowest BCUT2D eigenvalue weighted by Gasteiger charge is -2.26. The summed E-state index contributed by atoms with van der Waals surface area (Å²) in [6, 6.07) is 9.11. The number of fused-ring (bicyclic) bond motifs is 1. The fourth-order valence-electron chi connectivity index (χ4n) is 3.64. The van der Waals surface area contributed by atoms with Gasteiger partial charge in [-0.05, 0) is 36.2 Å². The number of rotatable bonds is 6. The highest BCUT2D eigenvalue weighted by molar-refractivity contribution is 6.00. The van der Waals surface area contributed by atoms with Crippen molar-refractivity contribution in [3.8, 4) is 23.0 Å². The summed E-state index contributed by atoms with van der Waals surface area (Å²) in [5.74, 6) is 1.84. The Hall–Kier alpha value is -3.22. The lowest BCUT2D eigenvalue weighted by atomic mass is 9.97. The number of methoxy groups -OCH3 is 2. The molecule has 4 rings (SSSR count). The number of furan rings is 1. The molecule has 0 saturated heterocycles. The van der Waals surface area contributed by atoms with Gasteiger partial charge in [-0.15, -0.1) is 0 Å². The molecule has 0 aliphatic carbocycles. The number of aromatic amines is 1. The number of aromatic nitrogens is 2. The second-order valence-corrected chi connectivity index (χ2v) is 6.35. The van der Waals surface area contributed by atoms with Crippen LogP contribution >= 0.6 is 0 Å². The van der Waals surface area contributed by atoms with Crippen LogP contribution in [-0.2, 0) is 0 Å². The monoisotopic (exact) mass is 367 g/mol. The van der Waals surface area contributed by atoms with Gasteiger partial charge in [0.15, 0.2) is 23.0 Å². The number of hydrogen-bond acceptors (Lipinski definition) is 5. The highest BCUT2D eigenvalue weighted by Crippen LogP contribution is 2.44. The molecule has 3 heterocycles. The summed E-state index contributed by atoms with van der Waals surface area (Å²) in [4.78, 5) is 14.8. The minimum absolute atomic E-state index is 0.0827. The van der Waals surface area contributed by atoms with Crippen LogP contribution in [0.1, 0.15) is 41.0 Å². The number of carbonyl (C=O) groups is 1. The molecule has 3 aromatic rings. The summed E-state index contributed by atoms with van der Waals surface area (Å²) in [6.07, 6.45) is 2.45. The first-order valence-electron chi connectivity index (χ1n) is 8.84. The van der Waals surface area contributed by atoms with Gasteiger partial charge in [0.25, 0.3) is 5.91 Å². The summed E-state index contributed by atoms with van der Waals surface area (Å²) in [6.45, 7) is 2.68. The third-order valence-corrected chi connectivity index (χ3v) is 4.81. The lowest BCUT2D eigenvalue weighted by Crippen LogP contribution is -2.30. The van der Waals surface area contributed by atoms with Gasteiger partial charge in [0, 0.05) is 12.1 Å². The molecular formula is C20H21N3O4. The molecule has 140 valence electrons. The Morgan fingerprint density at radius 3 is 2.70 bits per heavy atom. The maximum atomic E-state index is 13.0. The van der Waals surface area contributed by atoms with E-state index in [1.54, 1.807) is 20.5 Å². The van der Waals surface area contributed by atoms with Gasteiger partial charge in [-0.3, -0.25) is 9.89 Å². The van der Waals surface area contributed by atoms with E-state index in [-0.39, 0.29) is 11.9 Å². The zero-order valence-corrected chi connectivity index (χ0v) is 15.5. The Morgan fingerprint density at radius 2 is 2.04 bits per heavy atom. The first-order chi connectivity index (χ1) is 13.2. The van der Waals surface area contributed by atoms with Gasteiger partial charge in [0.1, 0.15) is 5.69 Å². The van der Waals surface area contributed by atoms with Crippen molar-refractivity contribution in [2.24, 2.45) is 0 Å². The third kappa shape index (κ3) is 2.66. The molecule has 2 aromatic heterocycles. The second-order valence-electron chi connectivity index (χ2n) is 6.35. The zero-order valence-electron chi connectivity index (χ0n) is 15.5. The van der Waals surface area contributed by atoms with Gasteiger partial charge in [-0.1, -0.05) is 13.0 Å². The molecule has 1 N–H and O–H groups in total. The number of carbonyl (C=O) groups excluding carboxylic acids is 1. The first kappa shape index (κ1) is 17.2. The highest BCUT2D eigenvalue weighted by atomic mass is 16.5. The summed E-state index contributed by atoms with van der Waals surface area (Å²) < 4.78 is 16.4. The van der Waals surface area contributed by atoms with Crippen LogP contribution in [0.2, 0.25) is 0 Å². The van der Waals surface area contributed by atoms with Crippen molar-refractivity contribution in [2.45, 2.75) is 19.4 Å². The summed E-state index contributed by atoms with van der Waals surface area (Å²) in [5, 5.41) is 7.26. The van der Waals surface area contributed by atoms with Crippen LogP contribution < -0.4 is 9.47 Å². The van der Waals surface area contributed by atoms with Crippen molar-refractivity contribution in [3.63, 3.8) is 0 Å². The van der Waals surface area contributed by atoms with E-state index < -0.39 is 0 Å². The molecule has 7 heteroatoms. The van der Waals surface area contributed by atoms with E-state index in [9.17, 15) is 4.79 Å². The predicted octanol–water partition coefficient (Wildman–Crippen LogP) is 3.64. The van der Waals surface area contributed by atoms with E-state index in [0.717, 1.165) is 23.2 Å². The highest BCUT2D eigenvalue weighted by Gasteiger charge is 2.42. The predicted molar refractivity (Wildman–Crippen MR) is 99.0 cm³/mol. The SMILES string of the molecule is CCCN1C(=O)c2n[nH]c(-c3ccco3)c2[C@H]1c1ccc(OC)c(OC)c1. The van der Waals surface area contributed by atoms with Crippen LogP contribution in [0, 0.1) is 0 Å². The van der Waals surface area contributed by atoms with Gasteiger partial charge in [-0.25, -0.2) is 0 Å². The molecule has 0 bridgehead atoms. The minimum atomic E-state index is -0.272. The number of amides is 1. The molecule has 1 aliphatic rings. The van der Waals surface area contributed by atoms with Crippen molar-refractivity contribution >= 4 is 5.91 Å². The van der Waals surface area contributed by atoms with Crippen LogP contribution in [-0.4, -0.2) is 41.8 Å². The maximum Gasteiger partial charge on any atom is 0.275 e. The van der Waals surface area contributed by atoms with Crippen LogP contribution in [0.25, 0.3) is 11.5 Å². The third-order valence-electron chi connectivity index (χ3n) is 4.81. The average molecular weight is 367 g/mol. The maximum absolute atomic E-state index is 13.0. The topological polar surface area (TPSA) is 80.6 Å². The Kier molecular flexibility index (Phi) is 4.35. The molecule has 1 aliphatic heterocycles. The largest absolute Gasteiger partial charge is 0.493 e. The van der Waals surface area contributed by atoms with E-state index in [1.165, 1.54) is 0 Å². The van der Waals surface area contributed by atoms with Crippen LogP contribution in [0.3, 0.4) is 0 Å². The van der Waals surface area contributed by atoms with Crippen molar-refractivity contribution in [1.29, 1.82) is 0 Å². The van der Waals surface area contributed by atoms with E-state index in [1.807, 2.05) is 35.2 Å². The van der Waals surface area contributed by atoms with Crippen LogP contribution in [0.4, 0.5) is 0 Å². The van der Waals surface area contributed by atoms with E-state index >= 15 is 0 Å². The van der Waals surface area contributed by atoms with E-state index in [0.29, 0.717) is 29.5 Å². The molecule has 0 saturated carbocycles. The molecule has 0 unspecified atom stereocenters. The molecule has 0 radical (unpaired) electrons. The van der Waals surface area contributed by atoms with Crippen molar-refractivity contribution in [2.75, 3.05) is 20.8 Å². The standard InChI is InChI=1S/C20H21N3O4/c1-4-9-23-19(12-7-8-13(25-2)15(11-12)26-3)16-17(14-6-5-10-27-14)21-22-18(16)20(23)24/h5-8,10-11,19H,4,9H2,1-3H3,(H,21,22)/t19-/m1/s1. The lowest BCUT2D eigenvalue weighted by molar-refractivity contribution is 0.0743. The van der Waals surface area contributed by atoms with E-state index in [2.05, 4.69) is 17.1 Å². The minimum Gasteiger partial charge on any atom is -0.493 e. The average Bonchev–Trinajstić information content (AvgIpc) is 3.40. The van der Waals surface area contributed by atoms with Crippen LogP contribution in [0.15, 0.2) is 41.0 Å². The molecule has 0 spiro atoms. The molecule has 27 heavy (non-hydrogen) atoms. The molecule has 7 nitrogen and oxygen atoms in total. The number of benzene rings is 1. The molecule has 1 amide bonds. The first-order valence-corrected chi connectivity index (χ1v) is 8.84. The Morgan fingerprint density at radius 1 is 1.22 bits per heavy atom. The molecular weight excluding hydrogens is 346 g/mol. The van der Waals surface area contributed by atoms with Gasteiger partial charge in [0.2, 0.25) is 0 Å². The normalized spacial score (nSPS) is 15.9. The number of hydrogen-bond donors (Lipinski definition) is 1. The van der Waals surface area contributed by atoms with Crippen molar-refractivity contribution in [1.82, 2.24) is 15.1 Å². The number of ether oxygens (including phenoxy) is 2. The summed E-state index contributed by atoms with van der Waals surface area (Å²) in [5.41, 5.74) is 2.93. The zero-order chi connectivity index (χ0) is 19.0. The number of H-pyrrole nitrogens is 1. The van der Waals surface area contributed by atoms with Crippen molar-refractivity contribution in [3.05, 3.63) is 53.4 Å². The van der Waals surface area contributed by atoms with Gasteiger partial charge in [-0.2, -0.15) is 5.10 Å². The van der Waals surface area contributed by atoms with Gasteiger partial charge in [0.05, 0.1) is 26.5 Å². The van der Waals surface area contributed by atoms with Gasteiger partial charge >= 0.3 is 0 Å². The molecule has 0 fully saturated rings. The quantitative estimate of drug-likeness (QED) is 0.719. The van der Waals surface area contributed by atoms with Crippen molar-refractivity contribution < 1.29 is 18.7 Å². The summed E-state index contributed by atoms with van der Waals surface area (Å²) >= 11 is 0. The second kappa shape index (κ2) is 6.83. The fourth-order valence-corrected chi connectivity index (χ4v) is 3.64. The van der Waals surface area contributed by atoms with Gasteiger partial charge < -0.3 is 18.8 Å². The number of nitrogens with zero attached hydrogens (tertiary/aromatic N) is 2. The number of nitrogens with one attached hydrogen (secondary N) is 1. The Bertz CT molecular complexity index is 962.